The second-order valence-electron chi connectivity index (χ2n) is 5.58. The number of hydrogen-bond acceptors (Lipinski definition) is 5. The number of carbonyl (C=O) groups is 2. The van der Waals surface area contributed by atoms with Gasteiger partial charge in [-0.2, -0.15) is 5.10 Å². The highest BCUT2D eigenvalue weighted by atomic mass is 16.5. The number of ether oxygens (including phenoxy) is 2. The summed E-state index contributed by atoms with van der Waals surface area (Å²) < 4.78 is 10.4. The van der Waals surface area contributed by atoms with Crippen LogP contribution in [0.1, 0.15) is 16.7 Å². The van der Waals surface area contributed by atoms with Crippen LogP contribution >= 0.6 is 0 Å². The fraction of sp³-hybridized carbons (Fsp3) is 0.211. The molecule has 136 valence electrons. The van der Waals surface area contributed by atoms with Gasteiger partial charge in [0.15, 0.2) is 13.2 Å². The molecule has 0 aromatic heterocycles. The Kier molecular flexibility index (Phi) is 6.73. The Morgan fingerprint density at radius 3 is 2.31 bits per heavy atom. The van der Waals surface area contributed by atoms with Crippen LogP contribution < -0.4 is 14.9 Å². The lowest BCUT2D eigenvalue weighted by molar-refractivity contribution is -0.139. The van der Waals surface area contributed by atoms with Crippen LogP contribution in [-0.2, 0) is 9.59 Å². The number of nitrogens with zero attached hydrogens (tertiary/aromatic N) is 1. The number of aliphatic carboxylic acids is 1. The third kappa shape index (κ3) is 6.27. The van der Waals surface area contributed by atoms with Gasteiger partial charge < -0.3 is 14.6 Å². The maximum absolute atomic E-state index is 11.7. The number of hydrogen-bond donors (Lipinski definition) is 2. The van der Waals surface area contributed by atoms with Gasteiger partial charge in [-0.25, -0.2) is 10.2 Å². The van der Waals surface area contributed by atoms with Gasteiger partial charge in [0, 0.05) is 0 Å². The first-order valence-corrected chi connectivity index (χ1v) is 7.90. The SMILES string of the molecule is Cc1ccc(OCC(=O)N/N=C\c2ccc(OCC(=O)O)cc2)cc1C. The number of hydrazone groups is 1. The fourth-order valence-corrected chi connectivity index (χ4v) is 1.96. The molecule has 0 aliphatic heterocycles. The Morgan fingerprint density at radius 2 is 1.65 bits per heavy atom. The molecule has 2 N–H and O–H groups in total. The summed E-state index contributed by atoms with van der Waals surface area (Å²) in [5, 5.41) is 12.4. The van der Waals surface area contributed by atoms with Crippen LogP contribution in [0, 0.1) is 13.8 Å². The Morgan fingerprint density at radius 1 is 1.00 bits per heavy atom. The van der Waals surface area contributed by atoms with Gasteiger partial charge in [0.05, 0.1) is 6.21 Å². The molecule has 2 aromatic carbocycles. The number of nitrogens with one attached hydrogen (secondary N) is 1. The van der Waals surface area contributed by atoms with Crippen LogP contribution in [0.25, 0.3) is 0 Å². The summed E-state index contributed by atoms with van der Waals surface area (Å²) >= 11 is 0. The molecular weight excluding hydrogens is 336 g/mol. The molecule has 0 bridgehead atoms. The van der Waals surface area contributed by atoms with Crippen molar-refractivity contribution in [3.63, 3.8) is 0 Å². The van der Waals surface area contributed by atoms with Crippen molar-refractivity contribution in [2.45, 2.75) is 13.8 Å². The van der Waals surface area contributed by atoms with Crippen LogP contribution in [0.4, 0.5) is 0 Å². The minimum atomic E-state index is -1.04. The molecule has 2 rings (SSSR count). The normalized spacial score (nSPS) is 10.5. The number of rotatable bonds is 8. The van der Waals surface area contributed by atoms with Crippen molar-refractivity contribution in [1.82, 2.24) is 5.43 Å². The van der Waals surface area contributed by atoms with Gasteiger partial charge in [-0.05, 0) is 66.9 Å². The zero-order valence-electron chi connectivity index (χ0n) is 14.6. The Bertz CT molecular complexity index is 800. The largest absolute Gasteiger partial charge is 0.484 e. The number of amides is 1. The van der Waals surface area contributed by atoms with Gasteiger partial charge in [0.1, 0.15) is 11.5 Å². The molecule has 0 aliphatic carbocycles. The quantitative estimate of drug-likeness (QED) is 0.559. The van der Waals surface area contributed by atoms with Crippen LogP contribution in [0.15, 0.2) is 47.6 Å². The first-order chi connectivity index (χ1) is 12.4. The van der Waals surface area contributed by atoms with E-state index in [9.17, 15) is 9.59 Å². The first kappa shape index (κ1) is 19.0. The molecule has 7 nitrogen and oxygen atoms in total. The monoisotopic (exact) mass is 356 g/mol. The molecule has 0 atom stereocenters. The van der Waals surface area contributed by atoms with Crippen LogP contribution in [-0.4, -0.2) is 36.4 Å². The minimum absolute atomic E-state index is 0.137. The highest BCUT2D eigenvalue weighted by Crippen LogP contribution is 2.16. The zero-order valence-corrected chi connectivity index (χ0v) is 14.6. The van der Waals surface area contributed by atoms with E-state index < -0.39 is 12.6 Å². The van der Waals surface area contributed by atoms with Crippen molar-refractivity contribution in [3.05, 3.63) is 59.2 Å². The second kappa shape index (κ2) is 9.22. The van der Waals surface area contributed by atoms with Gasteiger partial charge >= 0.3 is 5.97 Å². The van der Waals surface area contributed by atoms with Crippen molar-refractivity contribution in [2.24, 2.45) is 5.10 Å². The summed E-state index contributed by atoms with van der Waals surface area (Å²) in [6, 6.07) is 12.2. The molecule has 26 heavy (non-hydrogen) atoms. The van der Waals surface area contributed by atoms with E-state index in [1.54, 1.807) is 24.3 Å². The summed E-state index contributed by atoms with van der Waals surface area (Å²) in [4.78, 5) is 22.2. The molecule has 0 heterocycles. The molecule has 1 amide bonds. The molecule has 0 spiro atoms. The summed E-state index contributed by atoms with van der Waals surface area (Å²) in [5.74, 6) is -0.346. The number of benzene rings is 2. The van der Waals surface area contributed by atoms with E-state index in [1.165, 1.54) is 6.21 Å². The Balaban J connectivity index is 1.77. The van der Waals surface area contributed by atoms with Gasteiger partial charge in [-0.1, -0.05) is 6.07 Å². The molecule has 0 fully saturated rings. The molecule has 2 aromatic rings. The van der Waals surface area contributed by atoms with Crippen LogP contribution in [0.5, 0.6) is 11.5 Å². The number of carboxylic acids is 1. The lowest BCUT2D eigenvalue weighted by Gasteiger charge is -2.07. The summed E-state index contributed by atoms with van der Waals surface area (Å²) in [5.41, 5.74) is 5.36. The van der Waals surface area contributed by atoms with E-state index in [2.05, 4.69) is 10.5 Å². The van der Waals surface area contributed by atoms with Gasteiger partial charge in [0.2, 0.25) is 0 Å². The number of aryl methyl sites for hydroxylation is 2. The number of carboxylic acid groups (broad SMARTS) is 1. The average Bonchev–Trinajstić information content (AvgIpc) is 2.62. The predicted octanol–water partition coefficient (Wildman–Crippen LogP) is 2.30. The van der Waals surface area contributed by atoms with Gasteiger partial charge in [-0.15, -0.1) is 0 Å². The molecule has 7 heteroatoms. The van der Waals surface area contributed by atoms with Gasteiger partial charge in [0.25, 0.3) is 5.91 Å². The van der Waals surface area contributed by atoms with Crippen molar-refractivity contribution >= 4 is 18.1 Å². The lowest BCUT2D eigenvalue weighted by atomic mass is 10.1. The molecular formula is C19H20N2O5. The van der Waals surface area contributed by atoms with E-state index in [-0.39, 0.29) is 12.5 Å². The highest BCUT2D eigenvalue weighted by molar-refractivity contribution is 5.83. The highest BCUT2D eigenvalue weighted by Gasteiger charge is 2.03. The zero-order chi connectivity index (χ0) is 18.9. The van der Waals surface area contributed by atoms with Crippen molar-refractivity contribution in [2.75, 3.05) is 13.2 Å². The van der Waals surface area contributed by atoms with Crippen molar-refractivity contribution < 1.29 is 24.2 Å². The molecule has 0 saturated heterocycles. The van der Waals surface area contributed by atoms with Gasteiger partial charge in [-0.3, -0.25) is 4.79 Å². The Hall–Kier alpha value is -3.35. The standard InChI is InChI=1S/C19H20N2O5/c1-13-3-6-17(9-14(13)2)25-11-18(22)21-20-10-15-4-7-16(8-5-15)26-12-19(23)24/h3-10H,11-12H2,1-2H3,(H,21,22)(H,23,24)/b20-10-. The molecule has 0 unspecified atom stereocenters. The average molecular weight is 356 g/mol. The second-order valence-corrected chi connectivity index (χ2v) is 5.58. The van der Waals surface area contributed by atoms with Crippen LogP contribution in [0.2, 0.25) is 0 Å². The van der Waals surface area contributed by atoms with Crippen LogP contribution in [0.3, 0.4) is 0 Å². The summed E-state index contributed by atoms with van der Waals surface area (Å²) in [6.45, 7) is 3.45. The van der Waals surface area contributed by atoms with E-state index in [4.69, 9.17) is 14.6 Å². The van der Waals surface area contributed by atoms with E-state index in [0.29, 0.717) is 11.5 Å². The maximum atomic E-state index is 11.7. The third-order valence-corrected chi connectivity index (χ3v) is 3.49. The molecule has 0 saturated carbocycles. The van der Waals surface area contributed by atoms with E-state index >= 15 is 0 Å². The minimum Gasteiger partial charge on any atom is -0.484 e. The maximum Gasteiger partial charge on any atom is 0.341 e. The predicted molar refractivity (Wildman–Crippen MR) is 96.7 cm³/mol. The number of carbonyl (C=O) groups excluding carboxylic acids is 1. The Labute approximate surface area is 151 Å². The van der Waals surface area contributed by atoms with Crippen molar-refractivity contribution in [3.8, 4) is 11.5 Å². The molecule has 0 radical (unpaired) electrons. The third-order valence-electron chi connectivity index (χ3n) is 3.49. The lowest BCUT2D eigenvalue weighted by Crippen LogP contribution is -2.24. The summed E-state index contributed by atoms with van der Waals surface area (Å²) in [6.07, 6.45) is 1.47. The van der Waals surface area contributed by atoms with E-state index in [1.807, 2.05) is 32.0 Å². The summed E-state index contributed by atoms with van der Waals surface area (Å²) in [7, 11) is 0. The van der Waals surface area contributed by atoms with E-state index in [0.717, 1.165) is 16.7 Å². The van der Waals surface area contributed by atoms with Crippen molar-refractivity contribution in [1.29, 1.82) is 0 Å². The molecule has 0 aliphatic rings. The smallest absolute Gasteiger partial charge is 0.341 e. The fourth-order valence-electron chi connectivity index (χ4n) is 1.96. The first-order valence-electron chi connectivity index (χ1n) is 7.90. The topological polar surface area (TPSA) is 97.2 Å².